The summed E-state index contributed by atoms with van der Waals surface area (Å²) >= 11 is 5.83. The third-order valence-corrected chi connectivity index (χ3v) is 4.10. The van der Waals surface area contributed by atoms with Gasteiger partial charge in [-0.25, -0.2) is 0 Å². The zero-order valence-electron chi connectivity index (χ0n) is 15.3. The van der Waals surface area contributed by atoms with Crippen LogP contribution in [0.5, 0.6) is 0 Å². The highest BCUT2D eigenvalue weighted by Gasteiger charge is 2.13. The van der Waals surface area contributed by atoms with E-state index in [1.807, 2.05) is 19.1 Å². The SMILES string of the molecule is CC(C)Cc1ccc([C@@H](C)NC(=O)CNC(=O)c2cc(Cl)ccn2)cc1. The van der Waals surface area contributed by atoms with E-state index < -0.39 is 5.91 Å². The van der Waals surface area contributed by atoms with Gasteiger partial charge in [-0.3, -0.25) is 14.6 Å². The first-order valence-electron chi connectivity index (χ1n) is 8.63. The molecule has 0 unspecified atom stereocenters. The van der Waals surface area contributed by atoms with Crippen molar-refractivity contribution in [3.05, 3.63) is 64.4 Å². The van der Waals surface area contributed by atoms with Crippen molar-refractivity contribution in [2.24, 2.45) is 5.92 Å². The van der Waals surface area contributed by atoms with Gasteiger partial charge in [-0.15, -0.1) is 0 Å². The van der Waals surface area contributed by atoms with Gasteiger partial charge in [-0.1, -0.05) is 49.7 Å². The molecule has 2 N–H and O–H groups in total. The molecule has 1 heterocycles. The molecule has 0 aliphatic heterocycles. The summed E-state index contributed by atoms with van der Waals surface area (Å²) in [5.41, 5.74) is 2.48. The van der Waals surface area contributed by atoms with Crippen LogP contribution in [0.15, 0.2) is 42.6 Å². The first-order chi connectivity index (χ1) is 12.3. The maximum atomic E-state index is 12.1. The zero-order valence-corrected chi connectivity index (χ0v) is 16.0. The van der Waals surface area contributed by atoms with Gasteiger partial charge in [-0.05, 0) is 42.5 Å². The van der Waals surface area contributed by atoms with E-state index in [4.69, 9.17) is 11.6 Å². The van der Waals surface area contributed by atoms with Crippen LogP contribution in [0.3, 0.4) is 0 Å². The van der Waals surface area contributed by atoms with Crippen LogP contribution < -0.4 is 10.6 Å². The lowest BCUT2D eigenvalue weighted by Crippen LogP contribution is -2.38. The Labute approximate surface area is 159 Å². The average Bonchev–Trinajstić information content (AvgIpc) is 2.59. The number of halogens is 1. The van der Waals surface area contributed by atoms with Crippen LogP contribution in [0.4, 0.5) is 0 Å². The Morgan fingerprint density at radius 2 is 1.81 bits per heavy atom. The van der Waals surface area contributed by atoms with E-state index >= 15 is 0 Å². The van der Waals surface area contributed by atoms with Gasteiger partial charge < -0.3 is 10.6 Å². The van der Waals surface area contributed by atoms with E-state index in [2.05, 4.69) is 41.6 Å². The smallest absolute Gasteiger partial charge is 0.270 e. The number of nitrogens with zero attached hydrogens (tertiary/aromatic N) is 1. The minimum atomic E-state index is -0.437. The molecule has 138 valence electrons. The number of rotatable bonds is 7. The highest BCUT2D eigenvalue weighted by Crippen LogP contribution is 2.15. The summed E-state index contributed by atoms with van der Waals surface area (Å²) in [6.45, 7) is 6.16. The van der Waals surface area contributed by atoms with Gasteiger partial charge in [0, 0.05) is 11.2 Å². The zero-order chi connectivity index (χ0) is 19.1. The highest BCUT2D eigenvalue weighted by atomic mass is 35.5. The molecule has 0 fully saturated rings. The molecule has 1 aromatic carbocycles. The van der Waals surface area contributed by atoms with E-state index in [1.54, 1.807) is 6.07 Å². The Kier molecular flexibility index (Phi) is 7.16. The number of amides is 2. The molecule has 0 bridgehead atoms. The van der Waals surface area contributed by atoms with Crippen LogP contribution in [-0.4, -0.2) is 23.3 Å². The minimum absolute atomic E-state index is 0.122. The van der Waals surface area contributed by atoms with Gasteiger partial charge in [0.1, 0.15) is 5.69 Å². The van der Waals surface area contributed by atoms with E-state index in [0.29, 0.717) is 10.9 Å². The summed E-state index contributed by atoms with van der Waals surface area (Å²) in [7, 11) is 0. The largest absolute Gasteiger partial charge is 0.348 e. The van der Waals surface area contributed by atoms with Gasteiger partial charge in [0.05, 0.1) is 12.6 Å². The molecule has 2 amide bonds. The van der Waals surface area contributed by atoms with Gasteiger partial charge >= 0.3 is 0 Å². The first-order valence-corrected chi connectivity index (χ1v) is 9.01. The lowest BCUT2D eigenvalue weighted by atomic mass is 10.00. The fourth-order valence-electron chi connectivity index (χ4n) is 2.57. The number of carbonyl (C=O) groups is 2. The summed E-state index contributed by atoms with van der Waals surface area (Å²) in [4.78, 5) is 28.0. The molecular weight excluding hydrogens is 350 g/mol. The van der Waals surface area contributed by atoms with Crippen molar-refractivity contribution in [1.29, 1.82) is 0 Å². The predicted octanol–water partition coefficient (Wildman–Crippen LogP) is 3.54. The molecule has 0 saturated carbocycles. The Bertz CT molecular complexity index is 760. The van der Waals surface area contributed by atoms with Gasteiger partial charge in [0.15, 0.2) is 0 Å². The molecule has 1 atom stereocenters. The van der Waals surface area contributed by atoms with Crippen LogP contribution in [0, 0.1) is 5.92 Å². The second-order valence-electron chi connectivity index (χ2n) is 6.67. The van der Waals surface area contributed by atoms with Crippen LogP contribution >= 0.6 is 11.6 Å². The lowest BCUT2D eigenvalue weighted by molar-refractivity contribution is -0.120. The Balaban J connectivity index is 1.84. The molecule has 0 spiro atoms. The predicted molar refractivity (Wildman–Crippen MR) is 103 cm³/mol. The average molecular weight is 374 g/mol. The molecule has 2 aromatic rings. The first kappa shape index (κ1) is 19.9. The fourth-order valence-corrected chi connectivity index (χ4v) is 2.73. The van der Waals surface area contributed by atoms with E-state index in [9.17, 15) is 9.59 Å². The molecular formula is C20H24ClN3O2. The van der Waals surface area contributed by atoms with E-state index in [1.165, 1.54) is 17.8 Å². The number of hydrogen-bond acceptors (Lipinski definition) is 3. The van der Waals surface area contributed by atoms with Crippen LogP contribution in [0.2, 0.25) is 5.02 Å². The normalized spacial score (nSPS) is 11.9. The van der Waals surface area contributed by atoms with E-state index in [-0.39, 0.29) is 24.2 Å². The number of hydrogen-bond donors (Lipinski definition) is 2. The van der Waals surface area contributed by atoms with Gasteiger partial charge in [-0.2, -0.15) is 0 Å². The van der Waals surface area contributed by atoms with Gasteiger partial charge in [0.2, 0.25) is 5.91 Å². The lowest BCUT2D eigenvalue weighted by Gasteiger charge is -2.15. The number of pyridine rings is 1. The molecule has 0 aliphatic carbocycles. The van der Waals surface area contributed by atoms with Crippen molar-refractivity contribution in [3.63, 3.8) is 0 Å². The van der Waals surface area contributed by atoms with Crippen molar-refractivity contribution in [2.75, 3.05) is 6.54 Å². The van der Waals surface area contributed by atoms with Crippen molar-refractivity contribution in [1.82, 2.24) is 15.6 Å². The quantitative estimate of drug-likeness (QED) is 0.779. The molecule has 2 rings (SSSR count). The number of nitrogens with one attached hydrogen (secondary N) is 2. The third kappa shape index (κ3) is 6.15. The molecule has 5 nitrogen and oxygen atoms in total. The van der Waals surface area contributed by atoms with Crippen LogP contribution in [-0.2, 0) is 11.2 Å². The molecule has 0 aliphatic rings. The van der Waals surface area contributed by atoms with Crippen molar-refractivity contribution < 1.29 is 9.59 Å². The Morgan fingerprint density at radius 1 is 1.12 bits per heavy atom. The monoisotopic (exact) mass is 373 g/mol. The molecule has 0 radical (unpaired) electrons. The van der Waals surface area contributed by atoms with Crippen LogP contribution in [0.1, 0.15) is 48.4 Å². The summed E-state index contributed by atoms with van der Waals surface area (Å²) in [6, 6.07) is 11.1. The molecule has 26 heavy (non-hydrogen) atoms. The number of benzene rings is 1. The Morgan fingerprint density at radius 3 is 2.42 bits per heavy atom. The second-order valence-corrected chi connectivity index (χ2v) is 7.11. The topological polar surface area (TPSA) is 71.1 Å². The second kappa shape index (κ2) is 9.34. The number of carbonyl (C=O) groups excluding carboxylic acids is 2. The van der Waals surface area contributed by atoms with Crippen molar-refractivity contribution in [2.45, 2.75) is 33.2 Å². The fraction of sp³-hybridized carbons (Fsp3) is 0.350. The van der Waals surface area contributed by atoms with Crippen LogP contribution in [0.25, 0.3) is 0 Å². The van der Waals surface area contributed by atoms with Gasteiger partial charge in [0.25, 0.3) is 5.91 Å². The molecule has 1 aromatic heterocycles. The Hall–Kier alpha value is -2.40. The maximum Gasteiger partial charge on any atom is 0.270 e. The minimum Gasteiger partial charge on any atom is -0.348 e. The summed E-state index contributed by atoms with van der Waals surface area (Å²) in [5, 5.41) is 5.84. The molecule has 6 heteroatoms. The number of aromatic nitrogens is 1. The van der Waals surface area contributed by atoms with Crippen molar-refractivity contribution >= 4 is 23.4 Å². The summed E-state index contributed by atoms with van der Waals surface area (Å²) in [5.74, 6) is -0.0944. The summed E-state index contributed by atoms with van der Waals surface area (Å²) in [6.07, 6.45) is 2.48. The summed E-state index contributed by atoms with van der Waals surface area (Å²) < 4.78 is 0. The van der Waals surface area contributed by atoms with E-state index in [0.717, 1.165) is 12.0 Å². The van der Waals surface area contributed by atoms with Crippen molar-refractivity contribution in [3.8, 4) is 0 Å². The molecule has 0 saturated heterocycles. The third-order valence-electron chi connectivity index (χ3n) is 3.87. The highest BCUT2D eigenvalue weighted by molar-refractivity contribution is 6.30. The standard InChI is InChI=1S/C20H24ClN3O2/c1-13(2)10-15-4-6-16(7-5-15)14(3)24-19(25)12-23-20(26)18-11-17(21)8-9-22-18/h4-9,11,13-14H,10,12H2,1-3H3,(H,23,26)(H,24,25)/t14-/m1/s1. The maximum absolute atomic E-state index is 12.1.